The van der Waals surface area contributed by atoms with Gasteiger partial charge in [-0.05, 0) is 67.6 Å². The highest BCUT2D eigenvalue weighted by molar-refractivity contribution is 7.91. The number of sulfonamides is 1. The van der Waals surface area contributed by atoms with Crippen molar-refractivity contribution >= 4 is 44.7 Å². The molecule has 4 fully saturated rings. The van der Waals surface area contributed by atoms with Crippen molar-refractivity contribution in [3.63, 3.8) is 0 Å². The van der Waals surface area contributed by atoms with Crippen LogP contribution in [-0.2, 0) is 40.3 Å². The summed E-state index contributed by atoms with van der Waals surface area (Å²) in [7, 11) is -2.61. The van der Waals surface area contributed by atoms with Crippen molar-refractivity contribution in [3.8, 4) is 22.8 Å². The van der Waals surface area contributed by atoms with Gasteiger partial charge in [0.15, 0.2) is 0 Å². The van der Waals surface area contributed by atoms with Gasteiger partial charge in [-0.15, -0.1) is 6.58 Å². The Balaban J connectivity index is 1.08. The second-order valence-corrected chi connectivity index (χ2v) is 21.2. The van der Waals surface area contributed by atoms with E-state index in [0.717, 1.165) is 24.0 Å². The molecule has 2 saturated heterocycles. The number of likely N-dealkylation sites (tertiary alicyclic amines) is 1. The number of alkyl carbamates (subject to hydrolysis) is 1. The van der Waals surface area contributed by atoms with Crippen molar-refractivity contribution in [2.45, 2.75) is 94.2 Å². The lowest BCUT2D eigenvalue weighted by molar-refractivity contribution is -0.142. The van der Waals surface area contributed by atoms with Crippen molar-refractivity contribution in [2.75, 3.05) is 33.5 Å². The lowest BCUT2D eigenvalue weighted by Gasteiger charge is -2.35. The largest absolute Gasteiger partial charge is 0.497 e. The summed E-state index contributed by atoms with van der Waals surface area (Å²) >= 11 is 0. The molecule has 0 radical (unpaired) electrons. The van der Waals surface area contributed by atoms with Crippen molar-refractivity contribution in [3.05, 3.63) is 103 Å². The van der Waals surface area contributed by atoms with E-state index < -0.39 is 73.6 Å². The molecular weight excluding hydrogens is 863 g/mol. The van der Waals surface area contributed by atoms with Crippen molar-refractivity contribution in [1.82, 2.24) is 25.2 Å². The van der Waals surface area contributed by atoms with Gasteiger partial charge in [0.25, 0.3) is 5.91 Å². The third kappa shape index (κ3) is 9.90. The third-order valence-corrected chi connectivity index (χ3v) is 15.5. The third-order valence-electron chi connectivity index (χ3n) is 13.4. The van der Waals surface area contributed by atoms with Crippen LogP contribution < -0.4 is 24.8 Å². The number of methoxy groups -OCH3 is 1. The zero-order valence-corrected chi connectivity index (χ0v) is 38.7. The number of carbonyl (C=O) groups is 4. The van der Waals surface area contributed by atoms with Gasteiger partial charge in [-0.25, -0.2) is 18.2 Å². The summed E-state index contributed by atoms with van der Waals surface area (Å²) in [6.45, 7) is 10.5. The first-order valence-electron chi connectivity index (χ1n) is 22.6. The highest BCUT2D eigenvalue weighted by Gasteiger charge is 2.63. The summed E-state index contributed by atoms with van der Waals surface area (Å²) in [5, 5.41) is 6.36. The van der Waals surface area contributed by atoms with Crippen molar-refractivity contribution in [2.24, 2.45) is 17.3 Å². The van der Waals surface area contributed by atoms with Crippen LogP contribution >= 0.6 is 0 Å². The van der Waals surface area contributed by atoms with Gasteiger partial charge in [0.2, 0.25) is 21.8 Å². The first-order chi connectivity index (χ1) is 31.5. The molecule has 2 aliphatic heterocycles. The fraction of sp³-hybridized carbons (Fsp3) is 0.460. The van der Waals surface area contributed by atoms with E-state index in [4.69, 9.17) is 23.9 Å². The van der Waals surface area contributed by atoms with Crippen LogP contribution in [0.15, 0.2) is 97.6 Å². The zero-order valence-electron chi connectivity index (χ0n) is 37.9. The maximum absolute atomic E-state index is 15.0. The molecule has 0 bridgehead atoms. The number of pyridine rings is 1. The minimum Gasteiger partial charge on any atom is -0.497 e. The smallest absolute Gasteiger partial charge is 0.407 e. The van der Waals surface area contributed by atoms with Gasteiger partial charge < -0.3 is 34.5 Å². The molecule has 0 spiro atoms. The number of benzene rings is 3. The number of hydrogen-bond donors (Lipinski definition) is 3. The molecular formula is C50H59N5O10S. The highest BCUT2D eigenvalue weighted by Crippen LogP contribution is 2.49. The van der Waals surface area contributed by atoms with Crippen LogP contribution in [0.5, 0.6) is 11.5 Å². The summed E-state index contributed by atoms with van der Waals surface area (Å²) in [6.07, 6.45) is 2.61. The summed E-state index contributed by atoms with van der Waals surface area (Å²) in [6, 6.07) is 23.7. The molecule has 4 aliphatic rings. The monoisotopic (exact) mass is 921 g/mol. The number of nitrogens with one attached hydrogen (secondary N) is 3. The molecule has 66 heavy (non-hydrogen) atoms. The van der Waals surface area contributed by atoms with Crippen LogP contribution in [0.2, 0.25) is 0 Å². The molecule has 3 aromatic carbocycles. The maximum atomic E-state index is 15.0. The Labute approximate surface area is 386 Å². The molecule has 8 rings (SSSR count). The molecule has 1 aromatic heterocycles. The van der Waals surface area contributed by atoms with Gasteiger partial charge in [0.1, 0.15) is 35.2 Å². The summed E-state index contributed by atoms with van der Waals surface area (Å²) in [4.78, 5) is 63.7. The van der Waals surface area contributed by atoms with E-state index in [-0.39, 0.29) is 38.3 Å². The van der Waals surface area contributed by atoms with Gasteiger partial charge in [-0.1, -0.05) is 87.5 Å². The number of ether oxygens (including phenoxy) is 4. The average Bonchev–Trinajstić information content (AvgIpc) is 4.21. The predicted octanol–water partition coefficient (Wildman–Crippen LogP) is 6.11. The van der Waals surface area contributed by atoms with Gasteiger partial charge in [-0.3, -0.25) is 19.1 Å². The standard InChI is InChI=1S/C50H59N5O10S/c1-6-35-29-50(35,46(58)54-66(60,61)49(21-22-49)28-32-13-9-7-10-14-32)53-44(56)41-26-37(30-55(41)45(57)43(48(2,3)4)52-47(59)64-31-33-19-23-63-24-20-33)65-42-27-39(34-15-11-8-12-16-34)51-40-25-36(62-5)17-18-38(40)42/h6-18,25,27,33,35,37,41,43H,1,19-24,26,28-31H2,2-5H3,(H,52,59)(H,53,56)(H,54,58)/t35-,37+,41-,43+,50-/m0/s1. The SMILES string of the molecule is C=C[C@H]1C[C@@]1(NC(=O)[C@@H]1C[C@@H](Oc2cc(-c3ccccc3)nc3cc(OC)ccc23)CN1C(=O)[C@@H](NC(=O)OCC1CCOCC1)C(C)(C)C)C(=O)NS(=O)(=O)C1(Cc2ccccc2)CC1. The molecule has 3 heterocycles. The predicted molar refractivity (Wildman–Crippen MR) is 248 cm³/mol. The molecule has 350 valence electrons. The lowest BCUT2D eigenvalue weighted by Crippen LogP contribution is -2.60. The highest BCUT2D eigenvalue weighted by atomic mass is 32.2. The molecule has 15 nitrogen and oxygen atoms in total. The van der Waals surface area contributed by atoms with E-state index in [0.29, 0.717) is 54.2 Å². The molecule has 16 heteroatoms. The van der Waals surface area contributed by atoms with Crippen LogP contribution in [-0.4, -0.2) is 104 Å². The van der Waals surface area contributed by atoms with E-state index in [1.807, 2.05) is 72.8 Å². The van der Waals surface area contributed by atoms with Crippen molar-refractivity contribution < 1.29 is 46.5 Å². The Hall–Kier alpha value is -6.00. The number of aromatic nitrogens is 1. The van der Waals surface area contributed by atoms with E-state index in [9.17, 15) is 27.6 Å². The first kappa shape index (κ1) is 46.5. The second kappa shape index (κ2) is 18.7. The van der Waals surface area contributed by atoms with Gasteiger partial charge >= 0.3 is 6.09 Å². The molecule has 5 atom stereocenters. The zero-order chi connectivity index (χ0) is 46.9. The Morgan fingerprint density at radius 2 is 1.68 bits per heavy atom. The number of carbonyl (C=O) groups excluding carboxylic acids is 4. The Kier molecular flexibility index (Phi) is 13.2. The summed E-state index contributed by atoms with van der Waals surface area (Å²) in [5.74, 6) is -1.49. The van der Waals surface area contributed by atoms with Gasteiger partial charge in [-0.2, -0.15) is 0 Å². The van der Waals surface area contributed by atoms with Gasteiger partial charge in [0.05, 0.1) is 36.2 Å². The Morgan fingerprint density at radius 1 is 0.985 bits per heavy atom. The number of hydrogen-bond acceptors (Lipinski definition) is 11. The summed E-state index contributed by atoms with van der Waals surface area (Å²) in [5.41, 5.74) is 0.425. The number of nitrogens with zero attached hydrogens (tertiary/aromatic N) is 2. The van der Waals surface area contributed by atoms with Crippen LogP contribution in [0.3, 0.4) is 0 Å². The molecule has 2 saturated carbocycles. The fourth-order valence-electron chi connectivity index (χ4n) is 9.10. The first-order valence-corrected chi connectivity index (χ1v) is 24.1. The second-order valence-electron chi connectivity index (χ2n) is 19.1. The van der Waals surface area contributed by atoms with Crippen LogP contribution in [0, 0.1) is 17.3 Å². The topological polar surface area (TPSA) is 192 Å². The Bertz CT molecular complexity index is 2580. The fourth-order valence-corrected chi connectivity index (χ4v) is 10.7. The minimum atomic E-state index is -4.18. The molecule has 4 aromatic rings. The molecule has 2 aliphatic carbocycles. The van der Waals surface area contributed by atoms with E-state index >= 15 is 0 Å². The van der Waals surface area contributed by atoms with Crippen LogP contribution in [0.1, 0.15) is 64.9 Å². The normalized spacial score (nSPS) is 23.0. The van der Waals surface area contributed by atoms with Crippen molar-refractivity contribution in [1.29, 1.82) is 0 Å². The van der Waals surface area contributed by atoms with Crippen LogP contribution in [0.25, 0.3) is 22.2 Å². The van der Waals surface area contributed by atoms with Crippen LogP contribution in [0.4, 0.5) is 4.79 Å². The average molecular weight is 922 g/mol. The molecule has 3 N–H and O–H groups in total. The van der Waals surface area contributed by atoms with E-state index in [2.05, 4.69) is 21.9 Å². The number of fused-ring (bicyclic) bond motifs is 1. The number of amides is 4. The number of rotatable bonds is 16. The lowest BCUT2D eigenvalue weighted by atomic mass is 9.85. The Morgan fingerprint density at radius 3 is 2.32 bits per heavy atom. The quantitative estimate of drug-likeness (QED) is 0.110. The maximum Gasteiger partial charge on any atom is 0.407 e. The molecule has 0 unspecified atom stereocenters. The van der Waals surface area contributed by atoms with E-state index in [1.54, 1.807) is 40.0 Å². The minimum absolute atomic E-state index is 0.00177. The van der Waals surface area contributed by atoms with E-state index in [1.165, 1.54) is 11.0 Å². The molecule has 4 amide bonds. The summed E-state index contributed by atoms with van der Waals surface area (Å²) < 4.78 is 52.4. The van der Waals surface area contributed by atoms with Gasteiger partial charge in [0, 0.05) is 48.6 Å².